The number of piperazine rings is 1. The SMILES string of the molecule is CC(C)c1ccc(N2C(=O)CN(Cc3ccccc3Cl)[C@@H]3CS(=O)(=O)C[C@@H]32)cc1. The smallest absolute Gasteiger partial charge is 0.241 e. The Morgan fingerprint density at radius 2 is 1.69 bits per heavy atom. The highest BCUT2D eigenvalue weighted by Crippen LogP contribution is 2.33. The van der Waals surface area contributed by atoms with Crippen molar-refractivity contribution >= 4 is 33.0 Å². The maximum absolute atomic E-state index is 13.1. The summed E-state index contributed by atoms with van der Waals surface area (Å²) < 4.78 is 25.0. The summed E-state index contributed by atoms with van der Waals surface area (Å²) >= 11 is 6.30. The van der Waals surface area contributed by atoms with Crippen LogP contribution in [0.25, 0.3) is 0 Å². The van der Waals surface area contributed by atoms with E-state index in [1.807, 2.05) is 53.4 Å². The van der Waals surface area contributed by atoms with E-state index in [4.69, 9.17) is 11.6 Å². The first-order valence-electron chi connectivity index (χ1n) is 9.85. The Labute approximate surface area is 177 Å². The number of sulfone groups is 1. The Balaban J connectivity index is 1.65. The van der Waals surface area contributed by atoms with Gasteiger partial charge in [-0.05, 0) is 35.2 Å². The number of rotatable bonds is 4. The van der Waals surface area contributed by atoms with Crippen LogP contribution < -0.4 is 4.90 Å². The molecule has 2 aromatic carbocycles. The molecule has 154 valence electrons. The molecule has 2 aliphatic rings. The molecule has 0 aromatic heterocycles. The molecule has 0 spiro atoms. The van der Waals surface area contributed by atoms with Gasteiger partial charge >= 0.3 is 0 Å². The molecule has 0 bridgehead atoms. The molecule has 29 heavy (non-hydrogen) atoms. The van der Waals surface area contributed by atoms with Gasteiger partial charge in [0.05, 0.1) is 24.1 Å². The lowest BCUT2D eigenvalue weighted by atomic mass is 10.00. The number of fused-ring (bicyclic) bond motifs is 1. The van der Waals surface area contributed by atoms with Gasteiger partial charge in [-0.2, -0.15) is 0 Å². The van der Waals surface area contributed by atoms with Crippen molar-refractivity contribution < 1.29 is 13.2 Å². The largest absolute Gasteiger partial charge is 0.306 e. The summed E-state index contributed by atoms with van der Waals surface area (Å²) in [5.41, 5.74) is 2.86. The van der Waals surface area contributed by atoms with Gasteiger partial charge < -0.3 is 4.90 Å². The van der Waals surface area contributed by atoms with E-state index in [1.54, 1.807) is 4.90 Å². The Morgan fingerprint density at radius 3 is 2.34 bits per heavy atom. The van der Waals surface area contributed by atoms with Crippen molar-refractivity contribution in [3.63, 3.8) is 0 Å². The Morgan fingerprint density at radius 1 is 1.03 bits per heavy atom. The summed E-state index contributed by atoms with van der Waals surface area (Å²) in [6.45, 7) is 4.87. The molecule has 2 aliphatic heterocycles. The van der Waals surface area contributed by atoms with Gasteiger partial charge in [-0.25, -0.2) is 8.42 Å². The highest BCUT2D eigenvalue weighted by Gasteiger charge is 2.49. The predicted octanol–water partition coefficient (Wildman–Crippen LogP) is 3.48. The molecular formula is C22H25ClN2O3S. The third-order valence-corrected chi connectivity index (χ3v) is 7.94. The third-order valence-electron chi connectivity index (χ3n) is 5.87. The maximum Gasteiger partial charge on any atom is 0.241 e. The van der Waals surface area contributed by atoms with E-state index in [0.717, 1.165) is 11.3 Å². The van der Waals surface area contributed by atoms with Gasteiger partial charge in [0.2, 0.25) is 5.91 Å². The van der Waals surface area contributed by atoms with Crippen molar-refractivity contribution in [3.8, 4) is 0 Å². The number of nitrogens with zero attached hydrogens (tertiary/aromatic N) is 2. The van der Waals surface area contributed by atoms with E-state index >= 15 is 0 Å². The van der Waals surface area contributed by atoms with Crippen LogP contribution in [0.15, 0.2) is 48.5 Å². The van der Waals surface area contributed by atoms with E-state index < -0.39 is 9.84 Å². The Bertz CT molecular complexity index is 1020. The fraction of sp³-hybridized carbons (Fsp3) is 0.409. The molecule has 2 atom stereocenters. The first kappa shape index (κ1) is 20.4. The first-order chi connectivity index (χ1) is 13.7. The molecule has 5 nitrogen and oxygen atoms in total. The molecule has 0 unspecified atom stereocenters. The summed E-state index contributed by atoms with van der Waals surface area (Å²) in [5, 5.41) is 0.629. The van der Waals surface area contributed by atoms with Crippen LogP contribution in [-0.4, -0.2) is 49.4 Å². The summed E-state index contributed by atoms with van der Waals surface area (Å²) in [7, 11) is -3.22. The average Bonchev–Trinajstić information content (AvgIpc) is 2.99. The predicted molar refractivity (Wildman–Crippen MR) is 116 cm³/mol. The number of halogens is 1. The second-order valence-corrected chi connectivity index (χ2v) is 10.8. The second-order valence-electron chi connectivity index (χ2n) is 8.22. The zero-order valence-electron chi connectivity index (χ0n) is 16.6. The van der Waals surface area contributed by atoms with Crippen LogP contribution in [-0.2, 0) is 21.2 Å². The molecule has 7 heteroatoms. The lowest BCUT2D eigenvalue weighted by Gasteiger charge is -2.43. The summed E-state index contributed by atoms with van der Waals surface area (Å²) in [6.07, 6.45) is 0. The van der Waals surface area contributed by atoms with E-state index in [2.05, 4.69) is 13.8 Å². The van der Waals surface area contributed by atoms with Crippen LogP contribution in [0.5, 0.6) is 0 Å². The minimum atomic E-state index is -3.22. The zero-order valence-corrected chi connectivity index (χ0v) is 18.2. The molecule has 4 rings (SSSR count). The first-order valence-corrected chi connectivity index (χ1v) is 12.0. The highest BCUT2D eigenvalue weighted by atomic mass is 35.5. The summed E-state index contributed by atoms with van der Waals surface area (Å²) in [5.74, 6) is 0.379. The monoisotopic (exact) mass is 432 g/mol. The molecule has 1 amide bonds. The molecule has 0 saturated carbocycles. The van der Waals surface area contributed by atoms with E-state index in [-0.39, 0.29) is 36.0 Å². The molecular weight excluding hydrogens is 408 g/mol. The second kappa shape index (κ2) is 7.74. The molecule has 2 aromatic rings. The fourth-order valence-corrected chi connectivity index (χ4v) is 6.51. The van der Waals surface area contributed by atoms with Crippen LogP contribution in [0, 0.1) is 0 Å². The van der Waals surface area contributed by atoms with Gasteiger partial charge in [0, 0.05) is 23.3 Å². The van der Waals surface area contributed by atoms with Crippen molar-refractivity contribution in [2.75, 3.05) is 23.0 Å². The highest BCUT2D eigenvalue weighted by molar-refractivity contribution is 7.91. The van der Waals surface area contributed by atoms with E-state index in [1.165, 1.54) is 5.56 Å². The van der Waals surface area contributed by atoms with Crippen LogP contribution in [0.4, 0.5) is 5.69 Å². The van der Waals surface area contributed by atoms with Crippen LogP contribution in [0.2, 0.25) is 5.02 Å². The number of hydrogen-bond donors (Lipinski definition) is 0. The quantitative estimate of drug-likeness (QED) is 0.742. The summed E-state index contributed by atoms with van der Waals surface area (Å²) in [6, 6.07) is 14.8. The Hall–Kier alpha value is -1.89. The van der Waals surface area contributed by atoms with Crippen molar-refractivity contribution in [1.29, 1.82) is 0 Å². The fourth-order valence-electron chi connectivity index (χ4n) is 4.33. The molecule has 0 N–H and O–H groups in total. The van der Waals surface area contributed by atoms with Crippen molar-refractivity contribution in [2.24, 2.45) is 0 Å². The van der Waals surface area contributed by atoms with Gasteiger partial charge in [-0.3, -0.25) is 9.69 Å². The zero-order chi connectivity index (χ0) is 20.8. The van der Waals surface area contributed by atoms with Gasteiger partial charge in [-0.1, -0.05) is 55.8 Å². The minimum absolute atomic E-state index is 0.00559. The molecule has 2 heterocycles. The lowest BCUT2D eigenvalue weighted by Crippen LogP contribution is -2.61. The van der Waals surface area contributed by atoms with E-state index in [9.17, 15) is 13.2 Å². The lowest BCUT2D eigenvalue weighted by molar-refractivity contribution is -0.123. The molecule has 0 aliphatic carbocycles. The number of anilines is 1. The molecule has 2 fully saturated rings. The van der Waals surface area contributed by atoms with Crippen LogP contribution >= 0.6 is 11.6 Å². The minimum Gasteiger partial charge on any atom is -0.306 e. The van der Waals surface area contributed by atoms with Crippen molar-refractivity contribution in [2.45, 2.75) is 38.4 Å². The number of carbonyl (C=O) groups is 1. The van der Waals surface area contributed by atoms with Gasteiger partial charge in [0.15, 0.2) is 9.84 Å². The van der Waals surface area contributed by atoms with Crippen LogP contribution in [0.1, 0.15) is 30.9 Å². The topological polar surface area (TPSA) is 57.7 Å². The number of hydrogen-bond acceptors (Lipinski definition) is 4. The number of benzene rings is 2. The third kappa shape index (κ3) is 4.06. The summed E-state index contributed by atoms with van der Waals surface area (Å²) in [4.78, 5) is 16.8. The number of carbonyl (C=O) groups excluding carboxylic acids is 1. The molecule has 0 radical (unpaired) electrons. The van der Waals surface area contributed by atoms with Crippen molar-refractivity contribution in [3.05, 3.63) is 64.7 Å². The normalized spacial score (nSPS) is 24.1. The maximum atomic E-state index is 13.1. The standard InChI is InChI=1S/C22H25ClN2O3S/c1-15(2)16-7-9-18(10-8-16)25-21-14-29(27,28)13-20(21)24(12-22(25)26)11-17-5-3-4-6-19(17)23/h3-10,15,20-21H,11-14H2,1-2H3/t20-,21+/m1/s1. The number of amides is 1. The van der Waals surface area contributed by atoms with Gasteiger partial charge in [-0.15, -0.1) is 0 Å². The average molecular weight is 433 g/mol. The Kier molecular flexibility index (Phi) is 5.44. The van der Waals surface area contributed by atoms with E-state index in [0.29, 0.717) is 17.5 Å². The molecule has 2 saturated heterocycles. The van der Waals surface area contributed by atoms with Gasteiger partial charge in [0.25, 0.3) is 0 Å². The van der Waals surface area contributed by atoms with Crippen molar-refractivity contribution in [1.82, 2.24) is 4.90 Å². The van der Waals surface area contributed by atoms with Crippen LogP contribution in [0.3, 0.4) is 0 Å². The van der Waals surface area contributed by atoms with Gasteiger partial charge in [0.1, 0.15) is 0 Å².